The third kappa shape index (κ3) is 3.65. The quantitative estimate of drug-likeness (QED) is 0.907. The minimum atomic E-state index is 0.559. The van der Waals surface area contributed by atoms with Gasteiger partial charge in [-0.15, -0.1) is 0 Å². The number of aliphatic imine (C=N–C) groups is 1. The van der Waals surface area contributed by atoms with E-state index in [4.69, 9.17) is 11.6 Å². The summed E-state index contributed by atoms with van der Waals surface area (Å²) in [6.45, 7) is 5.19. The van der Waals surface area contributed by atoms with Crippen molar-refractivity contribution in [3.63, 3.8) is 0 Å². The van der Waals surface area contributed by atoms with Crippen molar-refractivity contribution in [2.24, 2.45) is 10.9 Å². The molecule has 1 heterocycles. The van der Waals surface area contributed by atoms with Crippen LogP contribution in [0, 0.1) is 5.92 Å². The molecule has 4 heteroatoms. The van der Waals surface area contributed by atoms with E-state index in [1.54, 1.807) is 0 Å². The van der Waals surface area contributed by atoms with E-state index in [0.717, 1.165) is 22.5 Å². The minimum absolute atomic E-state index is 0.559. The first kappa shape index (κ1) is 12.8. The first-order valence-electron chi connectivity index (χ1n) is 5.83. The molecule has 0 saturated carbocycles. The summed E-state index contributed by atoms with van der Waals surface area (Å²) in [5, 5.41) is 5.30. The summed E-state index contributed by atoms with van der Waals surface area (Å²) < 4.78 is 0. The third-order valence-electron chi connectivity index (χ3n) is 2.83. The van der Waals surface area contributed by atoms with Gasteiger partial charge in [-0.2, -0.15) is 0 Å². The Balaban J connectivity index is 1.91. The largest absolute Gasteiger partial charge is 0.361 e. The zero-order valence-corrected chi connectivity index (χ0v) is 11.7. The molecule has 92 valence electrons. The fourth-order valence-corrected chi connectivity index (χ4v) is 2.94. The number of thioether (sulfide) groups is 1. The molecule has 1 N–H and O–H groups in total. The molecule has 0 aliphatic carbocycles. The monoisotopic (exact) mass is 268 g/mol. The standard InChI is InChI=1S/C13H17ClN2S/c1-9(2)12-8-17-13(16-12)15-7-10-3-5-11(14)6-4-10/h3-6,9,12H,7-8H2,1-2H3,(H,15,16). The molecule has 0 aromatic heterocycles. The Morgan fingerprint density at radius 3 is 2.71 bits per heavy atom. The van der Waals surface area contributed by atoms with Crippen molar-refractivity contribution >= 4 is 28.5 Å². The van der Waals surface area contributed by atoms with Gasteiger partial charge in [0, 0.05) is 16.8 Å². The summed E-state index contributed by atoms with van der Waals surface area (Å²) in [5.41, 5.74) is 1.19. The fourth-order valence-electron chi connectivity index (χ4n) is 1.61. The lowest BCUT2D eigenvalue weighted by Gasteiger charge is -2.13. The van der Waals surface area contributed by atoms with Crippen LogP contribution in [-0.2, 0) is 6.54 Å². The molecule has 1 atom stereocenters. The summed E-state index contributed by atoms with van der Waals surface area (Å²) in [4.78, 5) is 4.58. The zero-order chi connectivity index (χ0) is 12.3. The van der Waals surface area contributed by atoms with Crippen LogP contribution in [-0.4, -0.2) is 17.0 Å². The highest BCUT2D eigenvalue weighted by molar-refractivity contribution is 8.14. The van der Waals surface area contributed by atoms with Crippen molar-refractivity contribution < 1.29 is 0 Å². The molecular weight excluding hydrogens is 252 g/mol. The molecule has 1 aliphatic rings. The zero-order valence-electron chi connectivity index (χ0n) is 10.1. The second kappa shape index (κ2) is 5.78. The molecule has 0 spiro atoms. The van der Waals surface area contributed by atoms with Crippen molar-refractivity contribution in [3.8, 4) is 0 Å². The smallest absolute Gasteiger partial charge is 0.157 e. The van der Waals surface area contributed by atoms with Crippen LogP contribution in [0.3, 0.4) is 0 Å². The van der Waals surface area contributed by atoms with E-state index < -0.39 is 0 Å². The number of halogens is 1. The van der Waals surface area contributed by atoms with E-state index in [2.05, 4.69) is 24.2 Å². The van der Waals surface area contributed by atoms with E-state index in [1.807, 2.05) is 36.0 Å². The van der Waals surface area contributed by atoms with Crippen LogP contribution in [0.2, 0.25) is 5.02 Å². The molecule has 2 nitrogen and oxygen atoms in total. The Labute approximate surface area is 112 Å². The molecule has 0 radical (unpaired) electrons. The van der Waals surface area contributed by atoms with E-state index in [1.165, 1.54) is 5.56 Å². The fraction of sp³-hybridized carbons (Fsp3) is 0.462. The van der Waals surface area contributed by atoms with Gasteiger partial charge >= 0.3 is 0 Å². The second-order valence-electron chi connectivity index (χ2n) is 4.55. The first-order chi connectivity index (χ1) is 8.15. The topological polar surface area (TPSA) is 24.4 Å². The minimum Gasteiger partial charge on any atom is -0.361 e. The second-order valence-corrected chi connectivity index (χ2v) is 6.00. The van der Waals surface area contributed by atoms with Gasteiger partial charge in [0.25, 0.3) is 0 Å². The Hall–Kier alpha value is -0.670. The lowest BCUT2D eigenvalue weighted by molar-refractivity contribution is 0.503. The van der Waals surface area contributed by atoms with Crippen LogP contribution in [0.15, 0.2) is 29.3 Å². The normalized spacial score (nSPS) is 22.1. The Bertz CT molecular complexity index is 400. The van der Waals surface area contributed by atoms with Crippen LogP contribution < -0.4 is 5.32 Å². The van der Waals surface area contributed by atoms with Gasteiger partial charge in [-0.05, 0) is 23.6 Å². The molecule has 1 aromatic carbocycles. The van der Waals surface area contributed by atoms with E-state index in [0.29, 0.717) is 12.0 Å². The Morgan fingerprint density at radius 2 is 2.12 bits per heavy atom. The van der Waals surface area contributed by atoms with Crippen LogP contribution in [0.4, 0.5) is 0 Å². The van der Waals surface area contributed by atoms with E-state index >= 15 is 0 Å². The molecule has 0 amide bonds. The van der Waals surface area contributed by atoms with Crippen molar-refractivity contribution in [2.45, 2.75) is 26.4 Å². The number of amidine groups is 1. The predicted octanol–water partition coefficient (Wildman–Crippen LogP) is 3.56. The molecule has 2 rings (SSSR count). The molecule has 1 unspecified atom stereocenters. The number of benzene rings is 1. The highest BCUT2D eigenvalue weighted by Gasteiger charge is 2.22. The van der Waals surface area contributed by atoms with Gasteiger partial charge in [0.1, 0.15) is 0 Å². The summed E-state index contributed by atoms with van der Waals surface area (Å²) >= 11 is 7.65. The lowest BCUT2D eigenvalue weighted by Crippen LogP contribution is -2.31. The summed E-state index contributed by atoms with van der Waals surface area (Å²) in [6.07, 6.45) is 0. The maximum Gasteiger partial charge on any atom is 0.157 e. The maximum absolute atomic E-state index is 5.84. The SMILES string of the molecule is CC(C)C1CSC(=NCc2ccc(Cl)cc2)N1. The van der Waals surface area contributed by atoms with Gasteiger partial charge in [-0.3, -0.25) is 4.99 Å². The van der Waals surface area contributed by atoms with Crippen molar-refractivity contribution in [1.82, 2.24) is 5.32 Å². The molecule has 17 heavy (non-hydrogen) atoms. The van der Waals surface area contributed by atoms with Crippen molar-refractivity contribution in [2.75, 3.05) is 5.75 Å². The van der Waals surface area contributed by atoms with Gasteiger partial charge in [0.15, 0.2) is 5.17 Å². The molecule has 1 aliphatic heterocycles. The molecule has 1 fully saturated rings. The van der Waals surface area contributed by atoms with Gasteiger partial charge < -0.3 is 5.32 Å². The number of hydrogen-bond acceptors (Lipinski definition) is 2. The van der Waals surface area contributed by atoms with Gasteiger partial charge in [0.05, 0.1) is 6.54 Å². The highest BCUT2D eigenvalue weighted by atomic mass is 35.5. The summed E-state index contributed by atoms with van der Waals surface area (Å²) in [6, 6.07) is 8.41. The molecule has 1 saturated heterocycles. The van der Waals surface area contributed by atoms with Crippen LogP contribution >= 0.6 is 23.4 Å². The molecule has 1 aromatic rings. The van der Waals surface area contributed by atoms with Crippen LogP contribution in [0.5, 0.6) is 0 Å². The van der Waals surface area contributed by atoms with Gasteiger partial charge in [-0.1, -0.05) is 49.3 Å². The average Bonchev–Trinajstić information content (AvgIpc) is 2.77. The molecular formula is C13H17ClN2S. The first-order valence-corrected chi connectivity index (χ1v) is 7.20. The van der Waals surface area contributed by atoms with Gasteiger partial charge in [-0.25, -0.2) is 0 Å². The van der Waals surface area contributed by atoms with E-state index in [9.17, 15) is 0 Å². The summed E-state index contributed by atoms with van der Waals surface area (Å²) in [5.74, 6) is 1.78. The van der Waals surface area contributed by atoms with Crippen molar-refractivity contribution in [3.05, 3.63) is 34.9 Å². The van der Waals surface area contributed by atoms with Crippen LogP contribution in [0.25, 0.3) is 0 Å². The number of hydrogen-bond donors (Lipinski definition) is 1. The van der Waals surface area contributed by atoms with Crippen molar-refractivity contribution in [1.29, 1.82) is 0 Å². The number of nitrogens with zero attached hydrogens (tertiary/aromatic N) is 1. The Morgan fingerprint density at radius 1 is 1.41 bits per heavy atom. The maximum atomic E-state index is 5.84. The Kier molecular flexibility index (Phi) is 4.35. The van der Waals surface area contributed by atoms with E-state index in [-0.39, 0.29) is 0 Å². The number of nitrogens with one attached hydrogen (secondary N) is 1. The third-order valence-corrected chi connectivity index (χ3v) is 4.13. The predicted molar refractivity (Wildman–Crippen MR) is 76.8 cm³/mol. The number of rotatable bonds is 3. The summed E-state index contributed by atoms with van der Waals surface area (Å²) in [7, 11) is 0. The van der Waals surface area contributed by atoms with Crippen LogP contribution in [0.1, 0.15) is 19.4 Å². The van der Waals surface area contributed by atoms with Gasteiger partial charge in [0.2, 0.25) is 0 Å². The highest BCUT2D eigenvalue weighted by Crippen LogP contribution is 2.19. The average molecular weight is 269 g/mol. The molecule has 0 bridgehead atoms. The lowest BCUT2D eigenvalue weighted by atomic mass is 10.1.